The molecule has 1 fully saturated rings. The van der Waals surface area contributed by atoms with E-state index in [-0.39, 0.29) is 23.3 Å². The molecule has 1 saturated carbocycles. The van der Waals surface area contributed by atoms with E-state index >= 15 is 0 Å². The van der Waals surface area contributed by atoms with Crippen LogP contribution in [-0.2, 0) is 16.4 Å². The standard InChI is InChI=1S/C15H22N4O3S.ClH/c1-2-13-12-7-11(9-17-15(12)22-18-13)23(20,21)19-14(8-16)10-5-3-4-6-10;/h7,9-10,14,19H,2-6,8,16H2,1H3;1H. The third kappa shape index (κ3) is 3.72. The number of nitrogens with zero attached hydrogens (tertiary/aromatic N) is 2. The van der Waals surface area contributed by atoms with E-state index in [4.69, 9.17) is 10.3 Å². The van der Waals surface area contributed by atoms with Crippen LogP contribution < -0.4 is 10.5 Å². The second kappa shape index (κ2) is 7.77. The maximum absolute atomic E-state index is 12.7. The molecule has 3 rings (SSSR count). The topological polar surface area (TPSA) is 111 Å². The molecule has 7 nitrogen and oxygen atoms in total. The first-order valence-corrected chi connectivity index (χ1v) is 9.50. The summed E-state index contributed by atoms with van der Waals surface area (Å²) in [6.45, 7) is 2.23. The number of nitrogens with two attached hydrogens (primary N) is 1. The highest BCUT2D eigenvalue weighted by Crippen LogP contribution is 2.28. The average molecular weight is 375 g/mol. The van der Waals surface area contributed by atoms with Gasteiger partial charge in [0.05, 0.1) is 17.3 Å². The number of rotatable bonds is 6. The molecule has 9 heteroatoms. The van der Waals surface area contributed by atoms with Gasteiger partial charge < -0.3 is 10.3 Å². The normalized spacial score (nSPS) is 17.1. The van der Waals surface area contributed by atoms with E-state index in [9.17, 15) is 8.42 Å². The van der Waals surface area contributed by atoms with Gasteiger partial charge in [0.25, 0.3) is 5.71 Å². The highest BCUT2D eigenvalue weighted by molar-refractivity contribution is 7.89. The molecule has 0 radical (unpaired) electrons. The molecular weight excluding hydrogens is 352 g/mol. The van der Waals surface area contributed by atoms with Gasteiger partial charge in [-0.25, -0.2) is 18.1 Å². The molecule has 0 spiro atoms. The van der Waals surface area contributed by atoms with Crippen molar-refractivity contribution in [2.24, 2.45) is 11.7 Å². The van der Waals surface area contributed by atoms with Crippen LogP contribution in [-0.4, -0.2) is 31.1 Å². The predicted octanol–water partition coefficient (Wildman–Crippen LogP) is 2.00. The van der Waals surface area contributed by atoms with Gasteiger partial charge in [0.2, 0.25) is 10.0 Å². The molecule has 2 heterocycles. The van der Waals surface area contributed by atoms with E-state index in [0.29, 0.717) is 35.7 Å². The van der Waals surface area contributed by atoms with E-state index in [2.05, 4.69) is 14.9 Å². The zero-order chi connectivity index (χ0) is 16.4. The summed E-state index contributed by atoms with van der Waals surface area (Å²) in [7, 11) is -3.67. The summed E-state index contributed by atoms with van der Waals surface area (Å²) < 4.78 is 33.2. The maximum Gasteiger partial charge on any atom is 0.258 e. The van der Waals surface area contributed by atoms with Crippen LogP contribution in [0.25, 0.3) is 11.1 Å². The minimum Gasteiger partial charge on any atom is -0.336 e. The number of aromatic nitrogens is 2. The summed E-state index contributed by atoms with van der Waals surface area (Å²) in [4.78, 5) is 4.19. The van der Waals surface area contributed by atoms with E-state index in [1.807, 2.05) is 6.92 Å². The van der Waals surface area contributed by atoms with Crippen molar-refractivity contribution in [3.05, 3.63) is 18.0 Å². The van der Waals surface area contributed by atoms with Gasteiger partial charge in [0.15, 0.2) is 0 Å². The first-order valence-electron chi connectivity index (χ1n) is 8.02. The van der Waals surface area contributed by atoms with Crippen LogP contribution in [0.2, 0.25) is 0 Å². The highest BCUT2D eigenvalue weighted by atomic mass is 35.5. The van der Waals surface area contributed by atoms with Gasteiger partial charge in [0.1, 0.15) is 4.90 Å². The van der Waals surface area contributed by atoms with Gasteiger partial charge in [-0.3, -0.25) is 0 Å². The van der Waals surface area contributed by atoms with E-state index < -0.39 is 10.0 Å². The monoisotopic (exact) mass is 374 g/mol. The molecule has 0 saturated heterocycles. The van der Waals surface area contributed by atoms with Gasteiger partial charge >= 0.3 is 0 Å². The van der Waals surface area contributed by atoms with Crippen molar-refractivity contribution in [3.8, 4) is 0 Å². The van der Waals surface area contributed by atoms with Crippen molar-refractivity contribution in [1.82, 2.24) is 14.9 Å². The molecule has 3 N–H and O–H groups in total. The fourth-order valence-electron chi connectivity index (χ4n) is 3.23. The summed E-state index contributed by atoms with van der Waals surface area (Å²) in [5.74, 6) is 0.313. The predicted molar refractivity (Wildman–Crippen MR) is 93.6 cm³/mol. The molecule has 2 aromatic heterocycles. The Morgan fingerprint density at radius 3 is 2.75 bits per heavy atom. The number of fused-ring (bicyclic) bond motifs is 1. The SMILES string of the molecule is CCc1noc2ncc(S(=O)(=O)NC(CN)C3CCCC3)cc12.Cl. The van der Waals surface area contributed by atoms with Crippen LogP contribution >= 0.6 is 12.4 Å². The van der Waals surface area contributed by atoms with Crippen LogP contribution in [0.5, 0.6) is 0 Å². The molecule has 2 aromatic rings. The fourth-order valence-corrected chi connectivity index (χ4v) is 4.51. The number of sulfonamides is 1. The Morgan fingerprint density at radius 2 is 2.12 bits per heavy atom. The molecule has 1 atom stereocenters. The van der Waals surface area contributed by atoms with Gasteiger partial charge in [-0.1, -0.05) is 24.9 Å². The van der Waals surface area contributed by atoms with Crippen LogP contribution in [0.1, 0.15) is 38.3 Å². The Bertz CT molecular complexity index is 787. The number of nitrogens with one attached hydrogen (secondary N) is 1. The Morgan fingerprint density at radius 1 is 1.42 bits per heavy atom. The van der Waals surface area contributed by atoms with Gasteiger partial charge in [0, 0.05) is 12.6 Å². The maximum atomic E-state index is 12.7. The van der Waals surface area contributed by atoms with Crippen molar-refractivity contribution in [3.63, 3.8) is 0 Å². The van der Waals surface area contributed by atoms with E-state index in [1.165, 1.54) is 6.20 Å². The molecular formula is C15H23ClN4O3S. The van der Waals surface area contributed by atoms with E-state index in [0.717, 1.165) is 25.7 Å². The van der Waals surface area contributed by atoms with Crippen molar-refractivity contribution in [2.75, 3.05) is 6.54 Å². The van der Waals surface area contributed by atoms with Crippen LogP contribution in [0, 0.1) is 5.92 Å². The average Bonchev–Trinajstić information content (AvgIpc) is 3.21. The van der Waals surface area contributed by atoms with E-state index in [1.54, 1.807) is 6.07 Å². The van der Waals surface area contributed by atoms with Gasteiger partial charge in [-0.2, -0.15) is 0 Å². The number of halogens is 1. The number of hydrogen-bond donors (Lipinski definition) is 2. The summed E-state index contributed by atoms with van der Waals surface area (Å²) in [6.07, 6.45) is 6.27. The second-order valence-electron chi connectivity index (χ2n) is 6.01. The summed E-state index contributed by atoms with van der Waals surface area (Å²) in [6, 6.07) is 1.34. The molecule has 1 aliphatic rings. The summed E-state index contributed by atoms with van der Waals surface area (Å²) >= 11 is 0. The number of pyridine rings is 1. The number of hydrogen-bond acceptors (Lipinski definition) is 6. The molecule has 1 unspecified atom stereocenters. The smallest absolute Gasteiger partial charge is 0.258 e. The molecule has 0 bridgehead atoms. The molecule has 0 aromatic carbocycles. The second-order valence-corrected chi connectivity index (χ2v) is 7.73. The van der Waals surface area contributed by atoms with Gasteiger partial charge in [-0.05, 0) is 31.2 Å². The van der Waals surface area contributed by atoms with Gasteiger partial charge in [-0.15, -0.1) is 12.4 Å². The Hall–Kier alpha value is -1.22. The van der Waals surface area contributed by atoms with Crippen molar-refractivity contribution in [2.45, 2.75) is 50.0 Å². The lowest BCUT2D eigenvalue weighted by molar-refractivity contribution is 0.405. The first kappa shape index (κ1) is 19.1. The van der Waals surface area contributed by atoms with Crippen molar-refractivity contribution < 1.29 is 12.9 Å². The molecule has 0 amide bonds. The first-order chi connectivity index (χ1) is 11.0. The third-order valence-corrected chi connectivity index (χ3v) is 6.01. The zero-order valence-corrected chi connectivity index (χ0v) is 15.2. The zero-order valence-electron chi connectivity index (χ0n) is 13.6. The lowest BCUT2D eigenvalue weighted by atomic mass is 9.99. The van der Waals surface area contributed by atoms with Crippen molar-refractivity contribution >= 4 is 33.5 Å². The summed E-state index contributed by atoms with van der Waals surface area (Å²) in [5.41, 5.74) is 6.85. The molecule has 24 heavy (non-hydrogen) atoms. The summed E-state index contributed by atoms with van der Waals surface area (Å²) in [5, 5.41) is 4.54. The minimum atomic E-state index is -3.67. The molecule has 134 valence electrons. The molecule has 0 aliphatic heterocycles. The van der Waals surface area contributed by atoms with Crippen molar-refractivity contribution in [1.29, 1.82) is 0 Å². The number of aryl methyl sites for hydroxylation is 1. The Kier molecular flexibility index (Phi) is 6.19. The highest BCUT2D eigenvalue weighted by Gasteiger charge is 2.29. The minimum absolute atomic E-state index is 0. The molecule has 1 aliphatic carbocycles. The van der Waals surface area contributed by atoms with Crippen LogP contribution in [0.15, 0.2) is 21.7 Å². The Labute approximate surface area is 147 Å². The third-order valence-electron chi connectivity index (χ3n) is 4.55. The largest absolute Gasteiger partial charge is 0.336 e. The lowest BCUT2D eigenvalue weighted by Crippen LogP contribution is -2.44. The Balaban J connectivity index is 0.00000208. The quantitative estimate of drug-likeness (QED) is 0.799. The lowest BCUT2D eigenvalue weighted by Gasteiger charge is -2.22. The fraction of sp³-hybridized carbons (Fsp3) is 0.600. The van der Waals surface area contributed by atoms with Crippen LogP contribution in [0.4, 0.5) is 0 Å². The van der Waals surface area contributed by atoms with Crippen LogP contribution in [0.3, 0.4) is 0 Å².